The number of hydrogen-bond acceptors (Lipinski definition) is 3. The number of aryl methyl sites for hydroxylation is 1. The molecule has 2 atom stereocenters. The van der Waals surface area contributed by atoms with Crippen molar-refractivity contribution in [3.63, 3.8) is 0 Å². The molecule has 26 heavy (non-hydrogen) atoms. The van der Waals surface area contributed by atoms with E-state index in [9.17, 15) is 9.90 Å². The van der Waals surface area contributed by atoms with E-state index in [0.717, 1.165) is 28.7 Å². The number of carbonyl (C=O) groups excluding carboxylic acids is 1. The second kappa shape index (κ2) is 6.26. The molecule has 2 aromatic carbocycles. The number of Topliss-reactive ketones (excluding diaryl/α,β-unsaturated/α-hetero) is 1. The summed E-state index contributed by atoms with van der Waals surface area (Å²) in [7, 11) is 0. The SMILES string of the molecule is CCc1ccc(-c2ccc(Cl)cc2)cc1C1=C(O)[C@@]2(C)CC[C@H](O2)C1=O. The maximum atomic E-state index is 12.9. The monoisotopic (exact) mass is 368 g/mol. The molecule has 0 aliphatic carbocycles. The van der Waals surface area contributed by atoms with Gasteiger partial charge >= 0.3 is 0 Å². The molecule has 2 bridgehead atoms. The van der Waals surface area contributed by atoms with Gasteiger partial charge in [-0.1, -0.05) is 42.8 Å². The van der Waals surface area contributed by atoms with E-state index < -0.39 is 11.7 Å². The summed E-state index contributed by atoms with van der Waals surface area (Å²) < 4.78 is 5.79. The fraction of sp³-hybridized carbons (Fsp3) is 0.318. The number of carbonyl (C=O) groups is 1. The van der Waals surface area contributed by atoms with Crippen molar-refractivity contribution in [1.82, 2.24) is 0 Å². The van der Waals surface area contributed by atoms with Gasteiger partial charge in [-0.2, -0.15) is 0 Å². The quantitative estimate of drug-likeness (QED) is 0.793. The van der Waals surface area contributed by atoms with Gasteiger partial charge in [0.05, 0.1) is 5.57 Å². The van der Waals surface area contributed by atoms with Crippen LogP contribution < -0.4 is 0 Å². The molecule has 1 fully saturated rings. The van der Waals surface area contributed by atoms with Gasteiger partial charge in [-0.25, -0.2) is 0 Å². The minimum absolute atomic E-state index is 0.0687. The molecule has 0 spiro atoms. The van der Waals surface area contributed by atoms with Gasteiger partial charge in [0.1, 0.15) is 17.5 Å². The Morgan fingerprint density at radius 3 is 2.58 bits per heavy atom. The van der Waals surface area contributed by atoms with Crippen LogP contribution in [0.5, 0.6) is 0 Å². The summed E-state index contributed by atoms with van der Waals surface area (Å²) in [6.45, 7) is 3.92. The van der Waals surface area contributed by atoms with E-state index in [0.29, 0.717) is 23.4 Å². The second-order valence-corrected chi connectivity index (χ2v) is 7.63. The lowest BCUT2D eigenvalue weighted by atomic mass is 9.86. The molecule has 2 heterocycles. The van der Waals surface area contributed by atoms with Crippen molar-refractivity contribution >= 4 is 23.0 Å². The zero-order chi connectivity index (χ0) is 18.5. The van der Waals surface area contributed by atoms with Crippen LogP contribution >= 0.6 is 11.6 Å². The Morgan fingerprint density at radius 2 is 1.88 bits per heavy atom. The van der Waals surface area contributed by atoms with Gasteiger partial charge in [0.25, 0.3) is 0 Å². The van der Waals surface area contributed by atoms with Crippen LogP contribution in [0.1, 0.15) is 37.8 Å². The van der Waals surface area contributed by atoms with Crippen molar-refractivity contribution in [3.05, 3.63) is 64.4 Å². The van der Waals surface area contributed by atoms with Crippen LogP contribution in [0.2, 0.25) is 5.02 Å². The third-order valence-electron chi connectivity index (χ3n) is 5.50. The number of benzene rings is 2. The van der Waals surface area contributed by atoms with E-state index in [1.54, 1.807) is 0 Å². The van der Waals surface area contributed by atoms with Crippen LogP contribution in [0, 0.1) is 0 Å². The summed E-state index contributed by atoms with van der Waals surface area (Å²) in [5, 5.41) is 11.6. The molecule has 0 aromatic heterocycles. The number of ketones is 1. The van der Waals surface area contributed by atoms with E-state index in [1.165, 1.54) is 0 Å². The average molecular weight is 369 g/mol. The van der Waals surface area contributed by atoms with Gasteiger partial charge in [0.15, 0.2) is 5.78 Å². The largest absolute Gasteiger partial charge is 0.508 e. The fourth-order valence-corrected chi connectivity index (χ4v) is 4.06. The standard InChI is InChI=1S/C22H21ClO3/c1-3-13-4-5-15(14-6-8-16(23)9-7-14)12-17(13)19-20(24)18-10-11-22(2,26-18)21(19)25/h4-9,12,18,25H,3,10-11H2,1-2H3/t18-,22+/m0/s1. The van der Waals surface area contributed by atoms with Crippen LogP contribution in [0.25, 0.3) is 16.7 Å². The van der Waals surface area contributed by atoms with E-state index in [1.807, 2.05) is 49.4 Å². The van der Waals surface area contributed by atoms with Crippen molar-refractivity contribution in [3.8, 4) is 11.1 Å². The summed E-state index contributed by atoms with van der Waals surface area (Å²) in [6, 6.07) is 13.7. The van der Waals surface area contributed by atoms with Crippen molar-refractivity contribution in [1.29, 1.82) is 0 Å². The lowest BCUT2D eigenvalue weighted by Crippen LogP contribution is -2.37. The topological polar surface area (TPSA) is 46.5 Å². The van der Waals surface area contributed by atoms with Crippen molar-refractivity contribution < 1.29 is 14.6 Å². The third kappa shape index (κ3) is 2.67. The van der Waals surface area contributed by atoms with Crippen molar-refractivity contribution in [2.24, 2.45) is 0 Å². The number of hydrogen-bond donors (Lipinski definition) is 1. The van der Waals surface area contributed by atoms with Crippen LogP contribution in [0.3, 0.4) is 0 Å². The third-order valence-corrected chi connectivity index (χ3v) is 5.75. The highest BCUT2D eigenvalue weighted by atomic mass is 35.5. The van der Waals surface area contributed by atoms with Gasteiger partial charge in [-0.15, -0.1) is 0 Å². The normalized spacial score (nSPS) is 25.0. The predicted octanol–water partition coefficient (Wildman–Crippen LogP) is 5.36. The minimum Gasteiger partial charge on any atom is -0.508 e. The van der Waals surface area contributed by atoms with Gasteiger partial charge in [-0.3, -0.25) is 4.79 Å². The Labute approximate surface area is 158 Å². The van der Waals surface area contributed by atoms with E-state index >= 15 is 0 Å². The summed E-state index contributed by atoms with van der Waals surface area (Å²) in [6.07, 6.45) is 1.65. The Hall–Kier alpha value is -2.10. The molecule has 0 saturated carbocycles. The first-order valence-electron chi connectivity index (χ1n) is 8.98. The van der Waals surface area contributed by atoms with Gasteiger partial charge in [-0.05, 0) is 66.6 Å². The molecule has 2 aromatic rings. The number of halogens is 1. The lowest BCUT2D eigenvalue weighted by Gasteiger charge is -2.31. The number of aliphatic hydroxyl groups excluding tert-OH is 1. The summed E-state index contributed by atoms with van der Waals surface area (Å²) >= 11 is 5.99. The molecule has 0 radical (unpaired) electrons. The van der Waals surface area contributed by atoms with Crippen LogP contribution in [0.4, 0.5) is 0 Å². The highest BCUT2D eigenvalue weighted by Crippen LogP contribution is 2.45. The summed E-state index contributed by atoms with van der Waals surface area (Å²) in [4.78, 5) is 12.9. The first kappa shape index (κ1) is 17.3. The first-order valence-corrected chi connectivity index (χ1v) is 9.36. The minimum atomic E-state index is -0.755. The molecule has 134 valence electrons. The van der Waals surface area contributed by atoms with Gasteiger partial charge in [0, 0.05) is 5.02 Å². The molecule has 0 unspecified atom stereocenters. The van der Waals surface area contributed by atoms with Crippen LogP contribution in [-0.4, -0.2) is 22.6 Å². The number of aliphatic hydroxyl groups is 1. The number of fused-ring (bicyclic) bond motifs is 2. The molecular formula is C22H21ClO3. The number of ether oxygens (including phenoxy) is 1. The van der Waals surface area contributed by atoms with Crippen LogP contribution in [-0.2, 0) is 16.0 Å². The number of rotatable bonds is 3. The molecule has 2 aliphatic rings. The maximum absolute atomic E-state index is 12.9. The second-order valence-electron chi connectivity index (χ2n) is 7.20. The molecule has 1 saturated heterocycles. The van der Waals surface area contributed by atoms with Crippen LogP contribution in [0.15, 0.2) is 48.2 Å². The smallest absolute Gasteiger partial charge is 0.195 e. The molecule has 3 nitrogen and oxygen atoms in total. The van der Waals surface area contributed by atoms with E-state index in [2.05, 4.69) is 6.92 Å². The molecule has 2 aliphatic heterocycles. The highest BCUT2D eigenvalue weighted by molar-refractivity contribution is 6.30. The zero-order valence-electron chi connectivity index (χ0n) is 14.9. The zero-order valence-corrected chi connectivity index (χ0v) is 15.6. The molecule has 1 N–H and O–H groups in total. The molecule has 0 amide bonds. The first-order chi connectivity index (χ1) is 12.4. The Kier molecular flexibility index (Phi) is 4.17. The molecule has 4 heteroatoms. The molecule has 4 rings (SSSR count). The maximum Gasteiger partial charge on any atom is 0.195 e. The summed E-state index contributed by atoms with van der Waals surface area (Å²) in [5.74, 6) is -0.0420. The molecular weight excluding hydrogens is 348 g/mol. The van der Waals surface area contributed by atoms with Crippen molar-refractivity contribution in [2.75, 3.05) is 0 Å². The average Bonchev–Trinajstić information content (AvgIpc) is 3.02. The highest BCUT2D eigenvalue weighted by Gasteiger charge is 2.50. The van der Waals surface area contributed by atoms with E-state index in [-0.39, 0.29) is 11.5 Å². The van der Waals surface area contributed by atoms with Gasteiger partial charge in [0.2, 0.25) is 0 Å². The predicted molar refractivity (Wildman–Crippen MR) is 103 cm³/mol. The fourth-order valence-electron chi connectivity index (χ4n) is 3.94. The van der Waals surface area contributed by atoms with Crippen molar-refractivity contribution in [2.45, 2.75) is 44.8 Å². The Morgan fingerprint density at radius 1 is 1.19 bits per heavy atom. The van der Waals surface area contributed by atoms with E-state index in [4.69, 9.17) is 16.3 Å². The Balaban J connectivity index is 1.89. The Bertz CT molecular complexity index is 913. The summed E-state index contributed by atoms with van der Waals surface area (Å²) in [5.41, 5.74) is 3.54. The lowest BCUT2D eigenvalue weighted by molar-refractivity contribution is -0.130. The van der Waals surface area contributed by atoms with Gasteiger partial charge < -0.3 is 9.84 Å².